The molecule has 0 spiro atoms. The predicted molar refractivity (Wildman–Crippen MR) is 123 cm³/mol. The summed E-state index contributed by atoms with van der Waals surface area (Å²) in [6.45, 7) is 1.07. The number of methoxy groups -OCH3 is 1. The van der Waals surface area contributed by atoms with Crippen LogP contribution in [0, 0.1) is 0 Å². The molecule has 0 radical (unpaired) electrons. The predicted octanol–water partition coefficient (Wildman–Crippen LogP) is 2.94. The normalized spacial score (nSPS) is 15.1. The molecule has 1 fully saturated rings. The number of piperidine rings is 1. The van der Waals surface area contributed by atoms with Crippen molar-refractivity contribution in [3.63, 3.8) is 0 Å². The number of ether oxygens (including phenoxy) is 1. The first-order chi connectivity index (χ1) is 16.0. The molecule has 3 heterocycles. The lowest BCUT2D eigenvalue weighted by atomic mass is 10.2. The highest BCUT2D eigenvalue weighted by Crippen LogP contribution is 2.28. The quantitative estimate of drug-likeness (QED) is 0.462. The second kappa shape index (κ2) is 8.41. The van der Waals surface area contributed by atoms with Gasteiger partial charge in [0.1, 0.15) is 11.3 Å². The van der Waals surface area contributed by atoms with E-state index in [0.29, 0.717) is 46.5 Å². The van der Waals surface area contributed by atoms with Crippen molar-refractivity contribution in [2.45, 2.75) is 24.2 Å². The highest BCUT2D eigenvalue weighted by atomic mass is 32.2. The average Bonchev–Trinajstić information content (AvgIpc) is 3.21. The van der Waals surface area contributed by atoms with Gasteiger partial charge in [0.25, 0.3) is 11.9 Å². The van der Waals surface area contributed by atoms with Crippen LogP contribution >= 0.6 is 0 Å². The van der Waals surface area contributed by atoms with Gasteiger partial charge in [0, 0.05) is 29.6 Å². The molecular formula is C22H22N6O4S. The van der Waals surface area contributed by atoms with Crippen molar-refractivity contribution in [3.8, 4) is 5.75 Å². The fourth-order valence-electron chi connectivity index (χ4n) is 3.93. The van der Waals surface area contributed by atoms with Gasteiger partial charge >= 0.3 is 0 Å². The lowest BCUT2D eigenvalue weighted by Gasteiger charge is -2.25. The largest absolute Gasteiger partial charge is 0.497 e. The number of sulfonamides is 1. The van der Waals surface area contributed by atoms with E-state index in [2.05, 4.69) is 25.5 Å². The SMILES string of the molecule is COc1ccc(C(=O)Nc2nnc3c(n2)[nH]c2ccc(S(=O)(=O)N4CCCCC4)cc23)cc1. The van der Waals surface area contributed by atoms with E-state index in [9.17, 15) is 13.2 Å². The van der Waals surface area contributed by atoms with Crippen LogP contribution in [0.1, 0.15) is 29.6 Å². The number of H-pyrrole nitrogens is 1. The van der Waals surface area contributed by atoms with E-state index < -0.39 is 10.0 Å². The molecule has 1 aliphatic rings. The summed E-state index contributed by atoms with van der Waals surface area (Å²) < 4.78 is 32.7. The highest BCUT2D eigenvalue weighted by molar-refractivity contribution is 7.89. The Morgan fingerprint density at radius 2 is 1.82 bits per heavy atom. The zero-order valence-corrected chi connectivity index (χ0v) is 18.7. The molecule has 33 heavy (non-hydrogen) atoms. The van der Waals surface area contributed by atoms with E-state index in [1.165, 1.54) is 4.31 Å². The maximum absolute atomic E-state index is 13.0. The molecule has 4 aromatic rings. The van der Waals surface area contributed by atoms with Gasteiger partial charge in [0.05, 0.1) is 12.0 Å². The Bertz CT molecular complexity index is 1440. The van der Waals surface area contributed by atoms with Crippen molar-refractivity contribution in [3.05, 3.63) is 48.0 Å². The molecule has 0 unspecified atom stereocenters. The maximum atomic E-state index is 13.0. The van der Waals surface area contributed by atoms with Crippen LogP contribution in [0.25, 0.3) is 22.1 Å². The molecule has 11 heteroatoms. The number of hydrogen-bond donors (Lipinski definition) is 2. The van der Waals surface area contributed by atoms with Crippen molar-refractivity contribution in [2.75, 3.05) is 25.5 Å². The molecule has 1 amide bonds. The average molecular weight is 467 g/mol. The van der Waals surface area contributed by atoms with Crippen molar-refractivity contribution in [1.29, 1.82) is 0 Å². The van der Waals surface area contributed by atoms with E-state index in [-0.39, 0.29) is 16.8 Å². The van der Waals surface area contributed by atoms with Gasteiger partial charge in [-0.15, -0.1) is 10.2 Å². The van der Waals surface area contributed by atoms with Crippen LogP contribution in [0.15, 0.2) is 47.4 Å². The summed E-state index contributed by atoms with van der Waals surface area (Å²) >= 11 is 0. The topological polar surface area (TPSA) is 130 Å². The first-order valence-electron chi connectivity index (χ1n) is 10.6. The van der Waals surface area contributed by atoms with Crippen molar-refractivity contribution >= 4 is 43.9 Å². The van der Waals surface area contributed by atoms with E-state index in [1.807, 2.05) is 0 Å². The molecule has 0 saturated carbocycles. The smallest absolute Gasteiger partial charge is 0.258 e. The number of rotatable bonds is 5. The fourth-order valence-corrected chi connectivity index (χ4v) is 5.48. The van der Waals surface area contributed by atoms with Crippen molar-refractivity contribution in [1.82, 2.24) is 24.5 Å². The number of anilines is 1. The molecular weight excluding hydrogens is 444 g/mol. The summed E-state index contributed by atoms with van der Waals surface area (Å²) in [5, 5.41) is 11.4. The summed E-state index contributed by atoms with van der Waals surface area (Å²) in [6.07, 6.45) is 2.79. The Labute approximate surface area is 190 Å². The van der Waals surface area contributed by atoms with Crippen molar-refractivity contribution in [2.24, 2.45) is 0 Å². The molecule has 0 bridgehead atoms. The summed E-state index contributed by atoms with van der Waals surface area (Å²) in [5.74, 6) is 0.298. The number of hydrogen-bond acceptors (Lipinski definition) is 7. The molecule has 1 aliphatic heterocycles. The van der Waals surface area contributed by atoms with Gasteiger partial charge in [-0.05, 0) is 55.3 Å². The summed E-state index contributed by atoms with van der Waals surface area (Å²) in [7, 11) is -2.02. The second-order valence-corrected chi connectivity index (χ2v) is 9.75. The zero-order chi connectivity index (χ0) is 23.0. The number of carbonyl (C=O) groups excluding carboxylic acids is 1. The van der Waals surface area contributed by atoms with Crippen LogP contribution in [-0.4, -0.2) is 59.0 Å². The molecule has 10 nitrogen and oxygen atoms in total. The third kappa shape index (κ3) is 4.00. The summed E-state index contributed by atoms with van der Waals surface area (Å²) in [5.41, 5.74) is 1.94. The molecule has 1 saturated heterocycles. The Kier molecular flexibility index (Phi) is 5.43. The van der Waals surface area contributed by atoms with Gasteiger partial charge in [-0.2, -0.15) is 9.29 Å². The molecule has 0 atom stereocenters. The van der Waals surface area contributed by atoms with E-state index >= 15 is 0 Å². The minimum absolute atomic E-state index is 0.0380. The van der Waals surface area contributed by atoms with Crippen LogP contribution in [0.4, 0.5) is 5.95 Å². The van der Waals surface area contributed by atoms with Gasteiger partial charge < -0.3 is 9.72 Å². The first-order valence-corrected chi connectivity index (χ1v) is 12.0. The number of nitrogens with one attached hydrogen (secondary N) is 2. The minimum atomic E-state index is -3.57. The minimum Gasteiger partial charge on any atom is -0.497 e. The molecule has 0 aliphatic carbocycles. The Morgan fingerprint density at radius 1 is 1.06 bits per heavy atom. The third-order valence-electron chi connectivity index (χ3n) is 5.72. The number of nitrogens with zero attached hydrogens (tertiary/aromatic N) is 4. The molecule has 5 rings (SSSR count). The maximum Gasteiger partial charge on any atom is 0.258 e. The van der Waals surface area contributed by atoms with Crippen molar-refractivity contribution < 1.29 is 17.9 Å². The molecule has 170 valence electrons. The van der Waals surface area contributed by atoms with Crippen LogP contribution in [0.5, 0.6) is 5.75 Å². The zero-order valence-electron chi connectivity index (χ0n) is 17.9. The number of fused-ring (bicyclic) bond motifs is 3. The standard InChI is InChI=1S/C22H22N6O4S/c1-32-15-7-5-14(6-8-15)21(29)25-22-24-20-19(26-27-22)17-13-16(9-10-18(17)23-20)33(30,31)28-11-3-2-4-12-28/h5-10,13H,2-4,11-12H2,1H3,(H2,23,24,25,27,29). The molecule has 2 N–H and O–H groups in total. The Hall–Kier alpha value is -3.57. The number of aromatic nitrogens is 4. The second-order valence-electron chi connectivity index (χ2n) is 7.81. The lowest BCUT2D eigenvalue weighted by Crippen LogP contribution is -2.35. The van der Waals surface area contributed by atoms with E-state index in [1.54, 1.807) is 49.6 Å². The Morgan fingerprint density at radius 3 is 2.55 bits per heavy atom. The van der Waals surface area contributed by atoms with Gasteiger partial charge in [-0.1, -0.05) is 6.42 Å². The van der Waals surface area contributed by atoms with Crippen LogP contribution in [0.2, 0.25) is 0 Å². The number of aromatic amines is 1. The van der Waals surface area contributed by atoms with Crippen LogP contribution in [-0.2, 0) is 10.0 Å². The van der Waals surface area contributed by atoms with E-state index in [4.69, 9.17) is 4.74 Å². The number of amides is 1. The fraction of sp³-hybridized carbons (Fsp3) is 0.273. The van der Waals surface area contributed by atoms with E-state index in [0.717, 1.165) is 19.3 Å². The lowest BCUT2D eigenvalue weighted by molar-refractivity contribution is 0.102. The monoisotopic (exact) mass is 466 g/mol. The van der Waals surface area contributed by atoms with Gasteiger partial charge in [-0.25, -0.2) is 8.42 Å². The third-order valence-corrected chi connectivity index (χ3v) is 7.61. The summed E-state index contributed by atoms with van der Waals surface area (Å²) in [6, 6.07) is 11.5. The van der Waals surface area contributed by atoms with Gasteiger partial charge in [0.2, 0.25) is 10.0 Å². The van der Waals surface area contributed by atoms with Crippen LogP contribution < -0.4 is 10.1 Å². The molecule has 2 aromatic carbocycles. The van der Waals surface area contributed by atoms with Gasteiger partial charge in [-0.3, -0.25) is 10.1 Å². The first kappa shape index (κ1) is 21.3. The summed E-state index contributed by atoms with van der Waals surface area (Å²) in [4.78, 5) is 20.2. The highest BCUT2D eigenvalue weighted by Gasteiger charge is 2.26. The number of carbonyl (C=O) groups is 1. The van der Waals surface area contributed by atoms with Gasteiger partial charge in [0.15, 0.2) is 5.65 Å². The number of benzene rings is 2. The van der Waals surface area contributed by atoms with Crippen LogP contribution in [0.3, 0.4) is 0 Å². The Balaban J connectivity index is 1.44. The molecule has 2 aromatic heterocycles.